The number of rotatable bonds is 5. The maximum Gasteiger partial charge on any atom is 0.314 e. The molecule has 3 rings (SSSR count). The van der Waals surface area contributed by atoms with Crippen LogP contribution >= 0.6 is 0 Å². The Balaban J connectivity index is 1.86. The van der Waals surface area contributed by atoms with Crippen LogP contribution in [0.25, 0.3) is 0 Å². The van der Waals surface area contributed by atoms with E-state index < -0.39 is 10.8 Å². The summed E-state index contributed by atoms with van der Waals surface area (Å²) >= 11 is 0. The van der Waals surface area contributed by atoms with Crippen LogP contribution in [0.3, 0.4) is 0 Å². The van der Waals surface area contributed by atoms with E-state index in [1.165, 1.54) is 7.11 Å². The molecule has 1 aromatic carbocycles. The van der Waals surface area contributed by atoms with E-state index in [1.807, 2.05) is 6.07 Å². The van der Waals surface area contributed by atoms with Gasteiger partial charge >= 0.3 is 5.97 Å². The molecule has 1 saturated heterocycles. The Morgan fingerprint density at radius 2 is 1.74 bits per heavy atom. The summed E-state index contributed by atoms with van der Waals surface area (Å²) in [5.41, 5.74) is -1.08. The summed E-state index contributed by atoms with van der Waals surface area (Å²) in [6, 6.07) is 8.81. The van der Waals surface area contributed by atoms with Gasteiger partial charge in [0.15, 0.2) is 5.78 Å². The molecule has 23 heavy (non-hydrogen) atoms. The fourth-order valence-corrected chi connectivity index (χ4v) is 4.29. The monoisotopic (exact) mass is 315 g/mol. The van der Waals surface area contributed by atoms with E-state index in [0.29, 0.717) is 31.5 Å². The molecule has 122 valence electrons. The van der Waals surface area contributed by atoms with Gasteiger partial charge in [-0.15, -0.1) is 0 Å². The van der Waals surface area contributed by atoms with Crippen molar-refractivity contribution in [1.82, 2.24) is 5.32 Å². The van der Waals surface area contributed by atoms with Crippen molar-refractivity contribution >= 4 is 17.5 Å². The minimum absolute atomic E-state index is 0.140. The lowest BCUT2D eigenvalue weighted by atomic mass is 9.64. The predicted molar refractivity (Wildman–Crippen MR) is 84.0 cm³/mol. The number of esters is 1. The van der Waals surface area contributed by atoms with Gasteiger partial charge in [-0.2, -0.15) is 0 Å². The standard InChI is InChI=1S/C18H21NO4/c1-23-16(22)18-9-5-8-17(18,11-19-12-18)15(21)10-14(20)13-6-3-2-4-7-13/h2-4,6-7,19H,5,8-12H2,1H3/t17-,18+/m1/s1. The minimum Gasteiger partial charge on any atom is -0.469 e. The zero-order chi connectivity index (χ0) is 16.5. The van der Waals surface area contributed by atoms with Gasteiger partial charge in [0.25, 0.3) is 0 Å². The zero-order valence-corrected chi connectivity index (χ0v) is 13.3. The van der Waals surface area contributed by atoms with Crippen LogP contribution in [0, 0.1) is 10.8 Å². The van der Waals surface area contributed by atoms with Crippen LogP contribution in [-0.2, 0) is 14.3 Å². The first-order chi connectivity index (χ1) is 11.1. The molecule has 1 aliphatic heterocycles. The SMILES string of the molecule is COC(=O)[C@@]12CCC[C@]1(C(=O)CC(=O)c1ccccc1)CNC2. The number of nitrogens with one attached hydrogen (secondary N) is 1. The lowest BCUT2D eigenvalue weighted by Gasteiger charge is -2.35. The smallest absolute Gasteiger partial charge is 0.314 e. The Hall–Kier alpha value is -2.01. The Bertz CT molecular complexity index is 628. The number of hydrogen-bond donors (Lipinski definition) is 1. The quantitative estimate of drug-likeness (QED) is 0.509. The lowest BCUT2D eigenvalue weighted by Crippen LogP contribution is -2.49. The molecule has 0 spiro atoms. The Morgan fingerprint density at radius 1 is 1.09 bits per heavy atom. The number of carbonyl (C=O) groups is 3. The van der Waals surface area contributed by atoms with Crippen LogP contribution in [0.2, 0.25) is 0 Å². The molecule has 5 heteroatoms. The van der Waals surface area contributed by atoms with Crippen LogP contribution < -0.4 is 5.32 Å². The summed E-state index contributed by atoms with van der Waals surface area (Å²) < 4.78 is 4.99. The molecule has 1 saturated carbocycles. The van der Waals surface area contributed by atoms with Crippen molar-refractivity contribution < 1.29 is 19.1 Å². The van der Waals surface area contributed by atoms with Crippen LogP contribution in [0.1, 0.15) is 36.0 Å². The number of carbonyl (C=O) groups excluding carboxylic acids is 3. The van der Waals surface area contributed by atoms with Crippen LogP contribution in [0.5, 0.6) is 0 Å². The molecular weight excluding hydrogens is 294 g/mol. The van der Waals surface area contributed by atoms with E-state index in [0.717, 1.165) is 6.42 Å². The van der Waals surface area contributed by atoms with Crippen molar-refractivity contribution in [3.63, 3.8) is 0 Å². The minimum atomic E-state index is -0.810. The van der Waals surface area contributed by atoms with Crippen LogP contribution in [-0.4, -0.2) is 37.7 Å². The summed E-state index contributed by atoms with van der Waals surface area (Å²) in [5.74, 6) is -0.665. The summed E-state index contributed by atoms with van der Waals surface area (Å²) in [4.78, 5) is 37.8. The van der Waals surface area contributed by atoms with Crippen molar-refractivity contribution in [2.24, 2.45) is 10.8 Å². The highest BCUT2D eigenvalue weighted by atomic mass is 16.5. The third-order valence-corrected chi connectivity index (χ3v) is 5.50. The number of ether oxygens (including phenoxy) is 1. The topological polar surface area (TPSA) is 72.5 Å². The third kappa shape index (κ3) is 2.30. The van der Waals surface area contributed by atoms with Gasteiger partial charge < -0.3 is 10.1 Å². The molecular formula is C18H21NO4. The molecule has 0 bridgehead atoms. The second kappa shape index (κ2) is 5.89. The number of fused-ring (bicyclic) bond motifs is 1. The van der Waals surface area contributed by atoms with Gasteiger partial charge in [-0.3, -0.25) is 14.4 Å². The molecule has 0 aromatic heterocycles. The maximum atomic E-state index is 13.0. The van der Waals surface area contributed by atoms with Gasteiger partial charge in [-0.1, -0.05) is 36.8 Å². The molecule has 1 heterocycles. The summed E-state index contributed by atoms with van der Waals surface area (Å²) in [6.45, 7) is 0.897. The highest BCUT2D eigenvalue weighted by molar-refractivity contribution is 6.11. The van der Waals surface area contributed by atoms with Gasteiger partial charge in [-0.05, 0) is 12.8 Å². The van der Waals surface area contributed by atoms with Crippen LogP contribution in [0.15, 0.2) is 30.3 Å². The maximum absolute atomic E-state index is 13.0. The fraction of sp³-hybridized carbons (Fsp3) is 0.500. The van der Waals surface area contributed by atoms with E-state index >= 15 is 0 Å². The fourth-order valence-electron chi connectivity index (χ4n) is 4.29. The third-order valence-electron chi connectivity index (χ3n) is 5.50. The van der Waals surface area contributed by atoms with E-state index in [4.69, 9.17) is 4.74 Å². The molecule has 5 nitrogen and oxygen atoms in total. The lowest BCUT2D eigenvalue weighted by molar-refractivity contribution is -0.160. The van der Waals surface area contributed by atoms with E-state index in [1.54, 1.807) is 24.3 Å². The Kier molecular flexibility index (Phi) is 4.06. The number of methoxy groups -OCH3 is 1. The molecule has 2 fully saturated rings. The largest absolute Gasteiger partial charge is 0.469 e. The average Bonchev–Trinajstić information content (AvgIpc) is 3.12. The number of benzene rings is 1. The molecule has 0 radical (unpaired) electrons. The molecule has 1 N–H and O–H groups in total. The highest BCUT2D eigenvalue weighted by Crippen LogP contribution is 2.57. The Morgan fingerprint density at radius 3 is 2.43 bits per heavy atom. The number of ketones is 2. The van der Waals surface area contributed by atoms with Gasteiger partial charge in [0.1, 0.15) is 5.78 Å². The van der Waals surface area contributed by atoms with Gasteiger partial charge in [0.2, 0.25) is 0 Å². The van der Waals surface area contributed by atoms with Crippen molar-refractivity contribution in [2.45, 2.75) is 25.7 Å². The first-order valence-corrected chi connectivity index (χ1v) is 7.96. The predicted octanol–water partition coefficient (Wildman–Crippen LogP) is 1.76. The van der Waals surface area contributed by atoms with E-state index in [2.05, 4.69) is 5.32 Å². The van der Waals surface area contributed by atoms with Crippen molar-refractivity contribution in [2.75, 3.05) is 20.2 Å². The first kappa shape index (κ1) is 15.9. The molecule has 1 aliphatic carbocycles. The molecule has 0 unspecified atom stereocenters. The molecule has 2 atom stereocenters. The Labute approximate surface area is 135 Å². The van der Waals surface area contributed by atoms with Crippen molar-refractivity contribution in [3.8, 4) is 0 Å². The van der Waals surface area contributed by atoms with Gasteiger partial charge in [0.05, 0.1) is 24.4 Å². The number of Topliss-reactive ketones (excluding diaryl/α,β-unsaturated/α-hetero) is 2. The molecule has 1 aromatic rings. The van der Waals surface area contributed by atoms with E-state index in [9.17, 15) is 14.4 Å². The van der Waals surface area contributed by atoms with Crippen molar-refractivity contribution in [3.05, 3.63) is 35.9 Å². The second-order valence-corrected chi connectivity index (χ2v) is 6.50. The molecule has 0 amide bonds. The van der Waals surface area contributed by atoms with Gasteiger partial charge in [0, 0.05) is 18.7 Å². The molecule has 2 aliphatic rings. The number of hydrogen-bond acceptors (Lipinski definition) is 5. The zero-order valence-electron chi connectivity index (χ0n) is 13.3. The average molecular weight is 315 g/mol. The van der Waals surface area contributed by atoms with Crippen molar-refractivity contribution in [1.29, 1.82) is 0 Å². The van der Waals surface area contributed by atoms with Gasteiger partial charge in [-0.25, -0.2) is 0 Å². The van der Waals surface area contributed by atoms with E-state index in [-0.39, 0.29) is 24.0 Å². The highest BCUT2D eigenvalue weighted by Gasteiger charge is 2.66. The summed E-state index contributed by atoms with van der Waals surface area (Å²) in [5, 5.41) is 3.18. The summed E-state index contributed by atoms with van der Waals surface area (Å²) in [7, 11) is 1.36. The second-order valence-electron chi connectivity index (χ2n) is 6.50. The normalized spacial score (nSPS) is 29.1. The summed E-state index contributed by atoms with van der Waals surface area (Å²) in [6.07, 6.45) is 1.92. The first-order valence-electron chi connectivity index (χ1n) is 7.96. The van der Waals surface area contributed by atoms with Crippen LogP contribution in [0.4, 0.5) is 0 Å².